The van der Waals surface area contributed by atoms with Crippen molar-refractivity contribution in [2.24, 2.45) is 0 Å². The Bertz CT molecular complexity index is 126. The van der Waals surface area contributed by atoms with Crippen LogP contribution in [0.2, 0.25) is 0 Å². The van der Waals surface area contributed by atoms with Crippen molar-refractivity contribution >= 4 is 11.9 Å². The molecule has 0 aliphatic heterocycles. The van der Waals surface area contributed by atoms with Gasteiger partial charge in [0.15, 0.2) is 0 Å². The minimum atomic E-state index is -1.55. The number of hydrogen-bond acceptors (Lipinski definition) is 4. The van der Waals surface area contributed by atoms with Crippen LogP contribution in [0, 0.1) is 6.92 Å². The maximum Gasteiger partial charge on any atom is 3.00 e. The summed E-state index contributed by atoms with van der Waals surface area (Å²) in [5.74, 6) is -3.09. The Kier molecular flexibility index (Phi) is 18.1. The predicted octanol–water partition coefficient (Wildman–Crippen LogP) is -2.12. The number of hydrogen-bond donors (Lipinski definition) is 0. The van der Waals surface area contributed by atoms with Gasteiger partial charge in [0.05, 0.1) is 11.9 Å². The summed E-state index contributed by atoms with van der Waals surface area (Å²) in [6.45, 7) is 5.00. The van der Waals surface area contributed by atoms with Crippen LogP contribution in [0.3, 0.4) is 0 Å². The number of carboxylic acids is 2. The van der Waals surface area contributed by atoms with Crippen LogP contribution in [-0.2, 0) is 26.7 Å². The number of aliphatic carboxylic acids is 2. The van der Waals surface area contributed by atoms with Gasteiger partial charge in [0.1, 0.15) is 0 Å². The van der Waals surface area contributed by atoms with Crippen molar-refractivity contribution in [3.05, 3.63) is 19.1 Å². The zero-order valence-corrected chi connectivity index (χ0v) is 6.95. The van der Waals surface area contributed by atoms with E-state index in [2.05, 4.69) is 6.92 Å². The standard InChI is InChI=1S/C4H4O4.C2H5.Fe/c5-3(6)1-2-4(7)8;1-2;/h1-2H,(H,5,6)(H,7,8);1H2,2H3;/q;-1;+3/p-2/b2-1+;;. The third-order valence-corrected chi connectivity index (χ3v) is 0.355. The second-order valence-electron chi connectivity index (χ2n) is 0.971. The summed E-state index contributed by atoms with van der Waals surface area (Å²) in [7, 11) is 0. The summed E-state index contributed by atoms with van der Waals surface area (Å²) >= 11 is 0. The molecule has 1 radical (unpaired) electrons. The van der Waals surface area contributed by atoms with Crippen LogP contribution in [0.15, 0.2) is 12.2 Å². The van der Waals surface area contributed by atoms with Gasteiger partial charge in [-0.15, -0.1) is 0 Å². The Morgan fingerprint density at radius 2 is 1.27 bits per heavy atom. The number of carbonyl (C=O) groups excluding carboxylic acids is 2. The fourth-order valence-corrected chi connectivity index (χ4v) is 0.136. The van der Waals surface area contributed by atoms with Crippen molar-refractivity contribution < 1.29 is 36.9 Å². The second-order valence-corrected chi connectivity index (χ2v) is 0.971. The molecule has 4 nitrogen and oxygen atoms in total. The normalized spacial score (nSPS) is 7.45. The van der Waals surface area contributed by atoms with Crippen LogP contribution < -0.4 is 10.2 Å². The molecular formula is C6H7FeO4. The molecule has 0 aliphatic carbocycles. The maximum atomic E-state index is 9.41. The molecule has 0 N–H and O–H groups in total. The van der Waals surface area contributed by atoms with Gasteiger partial charge in [0.25, 0.3) is 0 Å². The molecule has 0 bridgehead atoms. The predicted molar refractivity (Wildman–Crippen MR) is 30.2 cm³/mol. The van der Waals surface area contributed by atoms with E-state index in [0.717, 1.165) is 0 Å². The summed E-state index contributed by atoms with van der Waals surface area (Å²) in [6, 6.07) is 0. The van der Waals surface area contributed by atoms with Crippen molar-refractivity contribution in [1.29, 1.82) is 0 Å². The van der Waals surface area contributed by atoms with E-state index in [1.807, 2.05) is 0 Å². The fourth-order valence-electron chi connectivity index (χ4n) is 0.136. The molecule has 0 aromatic rings. The summed E-state index contributed by atoms with van der Waals surface area (Å²) in [5.41, 5.74) is 0. The van der Waals surface area contributed by atoms with E-state index in [-0.39, 0.29) is 17.1 Å². The van der Waals surface area contributed by atoms with Gasteiger partial charge in [-0.3, -0.25) is 0 Å². The number of rotatable bonds is 2. The summed E-state index contributed by atoms with van der Waals surface area (Å²) in [5, 5.41) is 18.8. The van der Waals surface area contributed by atoms with Crippen LogP contribution in [0.5, 0.6) is 0 Å². The molecule has 0 spiro atoms. The van der Waals surface area contributed by atoms with E-state index < -0.39 is 11.9 Å². The van der Waals surface area contributed by atoms with E-state index >= 15 is 0 Å². The Labute approximate surface area is 75.4 Å². The first-order valence-corrected chi connectivity index (χ1v) is 2.43. The number of carbonyl (C=O) groups is 2. The molecule has 0 atom stereocenters. The Morgan fingerprint density at radius 1 is 1.09 bits per heavy atom. The van der Waals surface area contributed by atoms with Crippen LogP contribution >= 0.6 is 0 Å². The molecule has 0 fully saturated rings. The van der Waals surface area contributed by atoms with Gasteiger partial charge in [-0.1, -0.05) is 0 Å². The first kappa shape index (κ1) is 16.7. The molecule has 0 amide bonds. The summed E-state index contributed by atoms with van der Waals surface area (Å²) in [6.07, 6.45) is 0.769. The maximum absolute atomic E-state index is 9.41. The quantitative estimate of drug-likeness (QED) is 0.289. The minimum absolute atomic E-state index is 0. The van der Waals surface area contributed by atoms with Crippen LogP contribution in [-0.4, -0.2) is 11.9 Å². The van der Waals surface area contributed by atoms with Crippen LogP contribution in [0.25, 0.3) is 0 Å². The van der Waals surface area contributed by atoms with Crippen molar-refractivity contribution in [2.75, 3.05) is 0 Å². The average molecular weight is 199 g/mol. The number of carboxylic acid groups (broad SMARTS) is 2. The van der Waals surface area contributed by atoms with Gasteiger partial charge in [-0.05, 0) is 12.2 Å². The van der Waals surface area contributed by atoms with Crippen molar-refractivity contribution in [2.45, 2.75) is 6.92 Å². The molecule has 0 heterocycles. The van der Waals surface area contributed by atoms with Gasteiger partial charge in [-0.2, -0.15) is 6.92 Å². The van der Waals surface area contributed by atoms with Crippen LogP contribution in [0.1, 0.15) is 6.92 Å². The third kappa shape index (κ3) is 27.0. The van der Waals surface area contributed by atoms with Gasteiger partial charge in [0, 0.05) is 0 Å². The fraction of sp³-hybridized carbons (Fsp3) is 0.167. The van der Waals surface area contributed by atoms with Gasteiger partial charge in [-0.25, -0.2) is 0 Å². The molecule has 5 heteroatoms. The van der Waals surface area contributed by atoms with Gasteiger partial charge < -0.3 is 26.7 Å². The molecule has 0 aromatic heterocycles. The SMILES string of the molecule is O=C([O-])/C=C/C(=O)[O-].[CH2-]C.[Fe+3]. The summed E-state index contributed by atoms with van der Waals surface area (Å²) in [4.78, 5) is 18.8. The molecule has 63 valence electrons. The molecule has 0 aromatic carbocycles. The Balaban J connectivity index is -0.000000196. The minimum Gasteiger partial charge on any atom is -0.545 e. The average Bonchev–Trinajstić information content (AvgIpc) is 1.89. The zero-order valence-electron chi connectivity index (χ0n) is 5.85. The molecule has 0 unspecified atom stereocenters. The van der Waals surface area contributed by atoms with E-state index in [1.54, 1.807) is 6.92 Å². The van der Waals surface area contributed by atoms with Crippen LogP contribution in [0.4, 0.5) is 0 Å². The van der Waals surface area contributed by atoms with Crippen molar-refractivity contribution in [3.63, 3.8) is 0 Å². The monoisotopic (exact) mass is 199 g/mol. The van der Waals surface area contributed by atoms with E-state index in [0.29, 0.717) is 12.2 Å². The van der Waals surface area contributed by atoms with E-state index in [4.69, 9.17) is 0 Å². The first-order chi connectivity index (χ1) is 4.63. The molecule has 0 rings (SSSR count). The largest absolute Gasteiger partial charge is 3.00 e. The second kappa shape index (κ2) is 11.9. The topological polar surface area (TPSA) is 80.3 Å². The smallest absolute Gasteiger partial charge is 0.545 e. The first-order valence-electron chi connectivity index (χ1n) is 2.43. The van der Waals surface area contributed by atoms with Crippen molar-refractivity contribution in [3.8, 4) is 0 Å². The zero-order chi connectivity index (χ0) is 8.57. The molecule has 0 saturated carbocycles. The van der Waals surface area contributed by atoms with Gasteiger partial charge in [0.2, 0.25) is 0 Å². The molecule has 0 aliphatic rings. The van der Waals surface area contributed by atoms with E-state index in [1.165, 1.54) is 0 Å². The molecular weight excluding hydrogens is 192 g/mol. The third-order valence-electron chi connectivity index (χ3n) is 0.355. The Morgan fingerprint density at radius 3 is 1.36 bits per heavy atom. The van der Waals surface area contributed by atoms with E-state index in [9.17, 15) is 19.8 Å². The molecule has 0 saturated heterocycles. The molecule has 11 heavy (non-hydrogen) atoms. The van der Waals surface area contributed by atoms with Gasteiger partial charge >= 0.3 is 17.1 Å². The van der Waals surface area contributed by atoms with Crippen molar-refractivity contribution in [1.82, 2.24) is 0 Å². The Hall–Kier alpha value is -0.801. The summed E-state index contributed by atoms with van der Waals surface area (Å²) < 4.78 is 0.